The van der Waals surface area contributed by atoms with Gasteiger partial charge in [-0.15, -0.1) is 0 Å². The number of carbonyl (C=O) groups is 2. The Morgan fingerprint density at radius 1 is 0.946 bits per heavy atom. The van der Waals surface area contributed by atoms with E-state index in [0.29, 0.717) is 30.8 Å². The van der Waals surface area contributed by atoms with Crippen LogP contribution in [0, 0.1) is 0 Å². The summed E-state index contributed by atoms with van der Waals surface area (Å²) >= 11 is 0. The van der Waals surface area contributed by atoms with Crippen molar-refractivity contribution in [3.63, 3.8) is 0 Å². The van der Waals surface area contributed by atoms with Crippen molar-refractivity contribution >= 4 is 31.7 Å². The second kappa shape index (κ2) is 14.9. The molecule has 3 aromatic rings. The number of hydrogen-bond donors (Lipinski definition) is 5. The Bertz CT molecular complexity index is 1130. The molecule has 0 radical (unpaired) electrons. The molecule has 0 bridgehead atoms. The van der Waals surface area contributed by atoms with Crippen molar-refractivity contribution in [2.24, 2.45) is 5.90 Å². The summed E-state index contributed by atoms with van der Waals surface area (Å²) in [4.78, 5) is 25.8. The molecular weight excluding hydrogens is 489 g/mol. The number of ether oxygens (including phenoxy) is 1. The van der Waals surface area contributed by atoms with Gasteiger partial charge in [-0.1, -0.05) is 66.7 Å². The lowest BCUT2D eigenvalue weighted by atomic mass is 10.0. The van der Waals surface area contributed by atoms with Crippen LogP contribution in [0.2, 0.25) is 0 Å². The third-order valence-corrected chi connectivity index (χ3v) is 6.64. The van der Waals surface area contributed by atoms with Gasteiger partial charge in [0, 0.05) is 6.54 Å². The largest absolute Gasteiger partial charge is 0.445 e. The third-order valence-electron chi connectivity index (χ3n) is 5.65. The zero-order chi connectivity index (χ0) is 26.5. The summed E-state index contributed by atoms with van der Waals surface area (Å²) in [7, 11) is -0.878. The molecule has 0 aliphatic carbocycles. The van der Waals surface area contributed by atoms with Gasteiger partial charge < -0.3 is 21.1 Å². The molecule has 196 valence electrons. The van der Waals surface area contributed by atoms with E-state index in [1.165, 1.54) is 0 Å². The van der Waals surface area contributed by atoms with Crippen molar-refractivity contribution in [3.8, 4) is 11.1 Å². The van der Waals surface area contributed by atoms with Crippen molar-refractivity contribution < 1.29 is 19.0 Å². The molecule has 9 nitrogen and oxygen atoms in total. The van der Waals surface area contributed by atoms with Crippen LogP contribution in [0.25, 0.3) is 11.1 Å². The summed E-state index contributed by atoms with van der Waals surface area (Å²) in [6.07, 6.45) is 1.20. The highest BCUT2D eigenvalue weighted by atomic mass is 31.2. The van der Waals surface area contributed by atoms with Gasteiger partial charge in [0.1, 0.15) is 20.9 Å². The summed E-state index contributed by atoms with van der Waals surface area (Å²) in [5.41, 5.74) is 9.84. The predicted molar refractivity (Wildman–Crippen MR) is 148 cm³/mol. The maximum Gasteiger partial charge on any atom is 0.408 e. The molecule has 0 fully saturated rings. The van der Waals surface area contributed by atoms with Gasteiger partial charge in [-0.05, 0) is 54.8 Å². The first-order chi connectivity index (χ1) is 18.0. The maximum absolute atomic E-state index is 13.3. The maximum atomic E-state index is 13.3. The number of anilines is 2. The highest BCUT2D eigenvalue weighted by Crippen LogP contribution is 2.27. The van der Waals surface area contributed by atoms with Crippen molar-refractivity contribution in [2.45, 2.75) is 31.9 Å². The van der Waals surface area contributed by atoms with Crippen LogP contribution in [0.5, 0.6) is 0 Å². The highest BCUT2D eigenvalue weighted by Gasteiger charge is 2.22. The second-order valence-corrected chi connectivity index (χ2v) is 9.94. The van der Waals surface area contributed by atoms with Gasteiger partial charge in [-0.25, -0.2) is 10.7 Å². The number of alkyl carbamates (subject to hydrolysis) is 1. The van der Waals surface area contributed by atoms with Crippen LogP contribution < -0.4 is 27.4 Å². The topological polar surface area (TPSA) is 141 Å². The molecule has 3 aromatic carbocycles. The molecule has 3 rings (SSSR count). The number of unbranched alkanes of at least 4 members (excludes halogenated alkanes) is 1. The zero-order valence-electron chi connectivity index (χ0n) is 20.9. The summed E-state index contributed by atoms with van der Waals surface area (Å²) < 4.78 is 10.1. The Hall–Kier alpha value is -3.49. The monoisotopic (exact) mass is 523 g/mol. The molecule has 0 aliphatic heterocycles. The normalized spacial score (nSPS) is 12.4. The molecule has 0 heterocycles. The van der Waals surface area contributed by atoms with Crippen LogP contribution in [0.1, 0.15) is 24.8 Å². The first kappa shape index (κ1) is 28.1. The van der Waals surface area contributed by atoms with E-state index >= 15 is 0 Å². The van der Waals surface area contributed by atoms with Gasteiger partial charge in [0.15, 0.2) is 0 Å². The highest BCUT2D eigenvalue weighted by molar-refractivity contribution is 7.49. The zero-order valence-corrected chi connectivity index (χ0v) is 21.7. The van der Waals surface area contributed by atoms with Gasteiger partial charge in [-0.2, -0.15) is 0 Å². The fraction of sp³-hybridized carbons (Fsp3) is 0.259. The Labute approximate surface area is 218 Å². The van der Waals surface area contributed by atoms with E-state index in [-0.39, 0.29) is 12.5 Å². The van der Waals surface area contributed by atoms with E-state index in [2.05, 4.69) is 15.7 Å². The molecule has 2 amide bonds. The van der Waals surface area contributed by atoms with Crippen molar-refractivity contribution in [3.05, 3.63) is 84.4 Å². The van der Waals surface area contributed by atoms with Crippen molar-refractivity contribution in [1.29, 1.82) is 0 Å². The fourth-order valence-electron chi connectivity index (χ4n) is 3.62. The smallest absolute Gasteiger partial charge is 0.408 e. The summed E-state index contributed by atoms with van der Waals surface area (Å²) in [6, 6.07) is 23.8. The van der Waals surface area contributed by atoms with Gasteiger partial charge >= 0.3 is 6.09 Å². The molecule has 7 N–H and O–H groups in total. The van der Waals surface area contributed by atoms with E-state index in [0.717, 1.165) is 23.1 Å². The van der Waals surface area contributed by atoms with E-state index < -0.39 is 20.4 Å². The minimum atomic E-state index is -0.878. The number of nitrogen functional groups attached to an aromatic ring is 1. The molecule has 10 heteroatoms. The molecular formula is C27H34N5O4P. The van der Waals surface area contributed by atoms with Crippen LogP contribution >= 0.6 is 8.30 Å². The molecule has 2 atom stereocenters. The van der Waals surface area contributed by atoms with Crippen LogP contribution in [-0.2, 0) is 20.8 Å². The lowest BCUT2D eigenvalue weighted by Crippen LogP contribution is -2.44. The van der Waals surface area contributed by atoms with Crippen LogP contribution in [0.3, 0.4) is 0 Å². The molecule has 2 unspecified atom stereocenters. The minimum Gasteiger partial charge on any atom is -0.445 e. The number of benzene rings is 3. The second-order valence-electron chi connectivity index (χ2n) is 8.42. The van der Waals surface area contributed by atoms with Crippen LogP contribution in [-0.4, -0.2) is 31.3 Å². The number of amides is 2. The quantitative estimate of drug-likeness (QED) is 0.0941. The molecule has 0 saturated heterocycles. The summed E-state index contributed by atoms with van der Waals surface area (Å²) in [6.45, 7) is 2.65. The van der Waals surface area contributed by atoms with Gasteiger partial charge in [0.2, 0.25) is 5.91 Å². The fourth-order valence-corrected chi connectivity index (χ4v) is 4.17. The van der Waals surface area contributed by atoms with Gasteiger partial charge in [-0.3, -0.25) is 14.5 Å². The van der Waals surface area contributed by atoms with E-state index in [1.807, 2.05) is 79.5 Å². The molecule has 0 spiro atoms. The lowest BCUT2D eigenvalue weighted by Gasteiger charge is -2.20. The minimum absolute atomic E-state index is 0.107. The van der Waals surface area contributed by atoms with E-state index in [9.17, 15) is 9.59 Å². The van der Waals surface area contributed by atoms with Gasteiger partial charge in [0.05, 0.1) is 11.4 Å². The first-order valence-electron chi connectivity index (χ1n) is 12.0. The Morgan fingerprint density at radius 3 is 2.35 bits per heavy atom. The van der Waals surface area contributed by atoms with Crippen molar-refractivity contribution in [2.75, 3.05) is 24.3 Å². The molecule has 37 heavy (non-hydrogen) atoms. The Morgan fingerprint density at radius 2 is 1.65 bits per heavy atom. The first-order valence-corrected chi connectivity index (χ1v) is 13.7. The lowest BCUT2D eigenvalue weighted by molar-refractivity contribution is -0.118. The number of carbonyl (C=O) groups excluding carboxylic acids is 2. The standard InChI is InChI=1S/C27H34N5O4P/c1-37(36-29)30-17-9-8-14-24(32-27(34)35-19-20-10-4-2-5-11-20)26(33)31-25-18-22(15-16-23(25)28)21-12-6-3-7-13-21/h2-7,10-13,15-16,18,24,30H,8-9,14,17,19,28-29H2,1H3,(H,31,33)(H,32,34). The van der Waals surface area contributed by atoms with E-state index in [4.69, 9.17) is 21.0 Å². The average Bonchev–Trinajstić information content (AvgIpc) is 2.93. The summed E-state index contributed by atoms with van der Waals surface area (Å²) in [5, 5.41) is 8.77. The van der Waals surface area contributed by atoms with Crippen LogP contribution in [0.4, 0.5) is 16.2 Å². The molecule has 0 aliphatic rings. The van der Waals surface area contributed by atoms with Crippen molar-refractivity contribution in [1.82, 2.24) is 10.4 Å². The summed E-state index contributed by atoms with van der Waals surface area (Å²) in [5.74, 6) is 4.80. The van der Waals surface area contributed by atoms with Crippen LogP contribution in [0.15, 0.2) is 78.9 Å². The Balaban J connectivity index is 1.65. The van der Waals surface area contributed by atoms with Gasteiger partial charge in [0.25, 0.3) is 0 Å². The average molecular weight is 524 g/mol. The Kier molecular flexibility index (Phi) is 11.3. The predicted octanol–water partition coefficient (Wildman–Crippen LogP) is 4.76. The molecule has 0 aromatic heterocycles. The molecule has 0 saturated carbocycles. The number of nitrogens with two attached hydrogens (primary N) is 2. The number of nitrogens with one attached hydrogen (secondary N) is 3. The number of rotatable bonds is 13. The SMILES string of the molecule is CP(NCCCCC(NC(=O)OCc1ccccc1)C(=O)Nc1cc(-c2ccccc2)ccc1N)ON. The number of hydrogen-bond acceptors (Lipinski definition) is 7. The third kappa shape index (κ3) is 9.48. The van der Waals surface area contributed by atoms with E-state index in [1.54, 1.807) is 6.07 Å².